The topological polar surface area (TPSA) is 105 Å². The number of amides is 2. The molecule has 0 aliphatic heterocycles. The van der Waals surface area contributed by atoms with Crippen LogP contribution in [0.1, 0.15) is 17.3 Å². The molecule has 0 radical (unpaired) electrons. The first-order valence-electron chi connectivity index (χ1n) is 9.45. The fraction of sp³-hybridized carbons (Fsp3) is 0.0870. The van der Waals surface area contributed by atoms with E-state index in [4.69, 9.17) is 0 Å². The third-order valence-electron chi connectivity index (χ3n) is 4.49. The first kappa shape index (κ1) is 23.4. The van der Waals surface area contributed by atoms with Gasteiger partial charge in [0.15, 0.2) is 9.84 Å². The van der Waals surface area contributed by atoms with Crippen LogP contribution in [0.2, 0.25) is 0 Å². The van der Waals surface area contributed by atoms with E-state index in [9.17, 15) is 18.0 Å². The van der Waals surface area contributed by atoms with Gasteiger partial charge in [-0.1, -0.05) is 30.3 Å². The fourth-order valence-corrected chi connectivity index (χ4v) is 3.96. The Morgan fingerprint density at radius 3 is 2.31 bits per heavy atom. The summed E-state index contributed by atoms with van der Waals surface area (Å²) in [4.78, 5) is 29.0. The van der Waals surface area contributed by atoms with E-state index in [0.717, 1.165) is 10.7 Å². The molecule has 0 spiro atoms. The highest BCUT2D eigenvalue weighted by Gasteiger charge is 2.14. The smallest absolute Gasteiger partial charge is 0.255 e. The van der Waals surface area contributed by atoms with E-state index in [1.54, 1.807) is 73.8 Å². The first-order valence-corrected chi connectivity index (χ1v) is 12.1. The Balaban J connectivity index is 1.69. The third-order valence-corrected chi connectivity index (χ3v) is 6.12. The van der Waals surface area contributed by atoms with Crippen LogP contribution in [0.3, 0.4) is 0 Å². The number of nitrogens with zero attached hydrogens (tertiary/aromatic N) is 1. The maximum Gasteiger partial charge on any atom is 0.255 e. The van der Waals surface area contributed by atoms with Crippen LogP contribution < -0.4 is 10.6 Å². The molecule has 1 aromatic heterocycles. The Bertz CT molecular complexity index is 1290. The quantitative estimate of drug-likeness (QED) is 0.480. The van der Waals surface area contributed by atoms with Crippen LogP contribution in [0.4, 0.5) is 5.82 Å². The minimum absolute atomic E-state index is 0.224. The Kier molecular flexibility index (Phi) is 7.22. The summed E-state index contributed by atoms with van der Waals surface area (Å²) < 4.78 is 24.8. The van der Waals surface area contributed by atoms with Crippen LogP contribution >= 0.6 is 15.9 Å². The maximum absolute atomic E-state index is 12.4. The van der Waals surface area contributed by atoms with Crippen LogP contribution in [0.5, 0.6) is 0 Å². The van der Waals surface area contributed by atoms with E-state index in [1.807, 2.05) is 0 Å². The second kappa shape index (κ2) is 9.88. The molecule has 0 bridgehead atoms. The standard InChI is InChI=1S/C23H20BrN3O4S/c1-15(22(28)27-21-12-11-18(24)14-25-21)13-26-23(29)17-9-7-16(8-10-17)19-5-3-4-6-20(19)32(2,30)31/h3-14H,1-2H3,(H,26,29)(H,25,27,28)/b15-13+. The van der Waals surface area contributed by atoms with E-state index < -0.39 is 21.7 Å². The van der Waals surface area contributed by atoms with Gasteiger partial charge in [0.05, 0.1) is 4.90 Å². The van der Waals surface area contributed by atoms with Gasteiger partial charge in [-0.15, -0.1) is 0 Å². The molecule has 0 aliphatic carbocycles. The summed E-state index contributed by atoms with van der Waals surface area (Å²) in [5, 5.41) is 5.22. The van der Waals surface area contributed by atoms with Gasteiger partial charge < -0.3 is 10.6 Å². The lowest BCUT2D eigenvalue weighted by atomic mass is 10.0. The van der Waals surface area contributed by atoms with Crippen molar-refractivity contribution in [1.82, 2.24) is 10.3 Å². The summed E-state index contributed by atoms with van der Waals surface area (Å²) in [5.74, 6) is -0.406. The van der Waals surface area contributed by atoms with Gasteiger partial charge in [-0.25, -0.2) is 13.4 Å². The molecular weight excluding hydrogens is 494 g/mol. The second-order valence-electron chi connectivity index (χ2n) is 6.96. The van der Waals surface area contributed by atoms with Crippen LogP contribution in [0, 0.1) is 0 Å². The number of carbonyl (C=O) groups excluding carboxylic acids is 2. The lowest BCUT2D eigenvalue weighted by Gasteiger charge is -2.09. The number of halogens is 1. The van der Waals surface area contributed by atoms with Gasteiger partial charge in [-0.05, 0) is 58.7 Å². The van der Waals surface area contributed by atoms with Crippen molar-refractivity contribution in [2.75, 3.05) is 11.6 Å². The van der Waals surface area contributed by atoms with E-state index in [-0.39, 0.29) is 4.90 Å². The van der Waals surface area contributed by atoms with Crippen molar-refractivity contribution < 1.29 is 18.0 Å². The number of hydrogen-bond donors (Lipinski definition) is 2. The van der Waals surface area contributed by atoms with Crippen molar-refractivity contribution in [3.8, 4) is 11.1 Å². The monoisotopic (exact) mass is 513 g/mol. The van der Waals surface area contributed by atoms with Crippen molar-refractivity contribution in [3.05, 3.63) is 88.7 Å². The summed E-state index contributed by atoms with van der Waals surface area (Å²) in [5.41, 5.74) is 1.90. The van der Waals surface area contributed by atoms with Crippen molar-refractivity contribution in [2.24, 2.45) is 0 Å². The van der Waals surface area contributed by atoms with Crippen molar-refractivity contribution in [1.29, 1.82) is 0 Å². The number of rotatable bonds is 6. The van der Waals surface area contributed by atoms with E-state index in [2.05, 4.69) is 31.5 Å². The zero-order valence-corrected chi connectivity index (χ0v) is 19.7. The van der Waals surface area contributed by atoms with E-state index in [0.29, 0.717) is 28.1 Å². The Labute approximate surface area is 194 Å². The number of benzene rings is 2. The molecule has 0 saturated heterocycles. The molecule has 7 nitrogen and oxygen atoms in total. The van der Waals surface area contributed by atoms with Crippen LogP contribution in [0.25, 0.3) is 11.1 Å². The molecule has 0 atom stereocenters. The average Bonchev–Trinajstić information content (AvgIpc) is 2.78. The average molecular weight is 514 g/mol. The number of anilines is 1. The zero-order valence-electron chi connectivity index (χ0n) is 17.3. The lowest BCUT2D eigenvalue weighted by Crippen LogP contribution is -2.21. The van der Waals surface area contributed by atoms with Gasteiger partial charge in [0.1, 0.15) is 5.82 Å². The Morgan fingerprint density at radius 1 is 1.00 bits per heavy atom. The lowest BCUT2D eigenvalue weighted by molar-refractivity contribution is -0.112. The highest BCUT2D eigenvalue weighted by Crippen LogP contribution is 2.27. The summed E-state index contributed by atoms with van der Waals surface area (Å²) in [6.45, 7) is 1.57. The number of hydrogen-bond acceptors (Lipinski definition) is 5. The van der Waals surface area contributed by atoms with Crippen LogP contribution in [-0.2, 0) is 14.6 Å². The third kappa shape index (κ3) is 5.89. The summed E-state index contributed by atoms with van der Waals surface area (Å²) in [6.07, 6.45) is 4.04. The molecule has 2 amide bonds. The normalized spacial score (nSPS) is 11.7. The second-order valence-corrected chi connectivity index (χ2v) is 9.86. The molecule has 32 heavy (non-hydrogen) atoms. The molecule has 3 rings (SSSR count). The zero-order chi connectivity index (χ0) is 23.3. The minimum atomic E-state index is -3.39. The highest BCUT2D eigenvalue weighted by molar-refractivity contribution is 9.10. The van der Waals surface area contributed by atoms with Gasteiger partial charge in [0.2, 0.25) is 0 Å². The van der Waals surface area contributed by atoms with E-state index in [1.165, 1.54) is 6.20 Å². The predicted octanol–water partition coefficient (Wildman–Crippen LogP) is 4.19. The minimum Gasteiger partial charge on any atom is -0.328 e. The molecule has 0 aliphatic rings. The molecule has 2 N–H and O–H groups in total. The largest absolute Gasteiger partial charge is 0.328 e. The van der Waals surface area contributed by atoms with E-state index >= 15 is 0 Å². The highest BCUT2D eigenvalue weighted by atomic mass is 79.9. The molecule has 9 heteroatoms. The molecule has 1 heterocycles. The van der Waals surface area contributed by atoms with Crippen LogP contribution in [-0.4, -0.2) is 31.5 Å². The van der Waals surface area contributed by atoms with Gasteiger partial charge in [-0.3, -0.25) is 9.59 Å². The van der Waals surface area contributed by atoms with Crippen LogP contribution in [0.15, 0.2) is 88.0 Å². The molecule has 0 saturated carbocycles. The number of aromatic nitrogens is 1. The van der Waals surface area contributed by atoms with Gasteiger partial charge in [-0.2, -0.15) is 0 Å². The Morgan fingerprint density at radius 2 is 1.69 bits per heavy atom. The van der Waals surface area contributed by atoms with Crippen molar-refractivity contribution >= 4 is 43.4 Å². The summed E-state index contributed by atoms with van der Waals surface area (Å²) in [7, 11) is -3.39. The molecule has 3 aromatic rings. The molecule has 0 unspecified atom stereocenters. The molecule has 164 valence electrons. The van der Waals surface area contributed by atoms with Crippen molar-refractivity contribution in [2.45, 2.75) is 11.8 Å². The molecular formula is C23H20BrN3O4S. The maximum atomic E-state index is 12.4. The van der Waals surface area contributed by atoms with Gasteiger partial charge in [0.25, 0.3) is 11.8 Å². The number of carbonyl (C=O) groups is 2. The van der Waals surface area contributed by atoms with Crippen molar-refractivity contribution in [3.63, 3.8) is 0 Å². The molecule has 2 aromatic carbocycles. The Hall–Kier alpha value is -3.30. The number of nitrogens with one attached hydrogen (secondary N) is 2. The molecule has 0 fully saturated rings. The summed E-state index contributed by atoms with van der Waals surface area (Å²) in [6, 6.07) is 16.6. The first-order chi connectivity index (χ1) is 15.1. The predicted molar refractivity (Wildman–Crippen MR) is 127 cm³/mol. The fourth-order valence-electron chi connectivity index (χ4n) is 2.82. The number of pyridine rings is 1. The van der Waals surface area contributed by atoms with Gasteiger partial charge in [0, 0.05) is 39.8 Å². The summed E-state index contributed by atoms with van der Waals surface area (Å²) >= 11 is 3.27. The SMILES string of the molecule is C/C(=C\NC(=O)c1ccc(-c2ccccc2S(C)(=O)=O)cc1)C(=O)Nc1ccc(Br)cn1. The van der Waals surface area contributed by atoms with Gasteiger partial charge >= 0.3 is 0 Å². The number of sulfone groups is 1.